The molecule has 0 fully saturated rings. The van der Waals surface area contributed by atoms with Crippen molar-refractivity contribution >= 4 is 5.91 Å². The molecule has 3 heteroatoms. The minimum atomic E-state index is -0.468. The molecule has 0 aromatic heterocycles. The Kier molecular flexibility index (Phi) is 7.65. The van der Waals surface area contributed by atoms with Crippen LogP contribution in [-0.4, -0.2) is 23.7 Å². The van der Waals surface area contributed by atoms with E-state index < -0.39 is 6.10 Å². The molecular weight excluding hydrogens is 214 g/mol. The van der Waals surface area contributed by atoms with Gasteiger partial charge in [-0.3, -0.25) is 4.79 Å². The first-order valence-corrected chi connectivity index (χ1v) is 6.23. The Labute approximate surface area is 105 Å². The SMILES string of the molecule is C#CCCCCC(=O)NCC(O)CC(C)(C)C. The molecule has 17 heavy (non-hydrogen) atoms. The van der Waals surface area contributed by atoms with Crippen molar-refractivity contribution in [3.8, 4) is 12.3 Å². The highest BCUT2D eigenvalue weighted by atomic mass is 16.3. The van der Waals surface area contributed by atoms with Crippen molar-refractivity contribution in [2.75, 3.05) is 6.54 Å². The largest absolute Gasteiger partial charge is 0.391 e. The highest BCUT2D eigenvalue weighted by Gasteiger charge is 2.16. The summed E-state index contributed by atoms with van der Waals surface area (Å²) >= 11 is 0. The molecule has 0 aliphatic heterocycles. The van der Waals surface area contributed by atoms with Crippen LogP contribution < -0.4 is 5.32 Å². The lowest BCUT2D eigenvalue weighted by atomic mass is 9.89. The van der Waals surface area contributed by atoms with E-state index in [0.717, 1.165) is 19.3 Å². The van der Waals surface area contributed by atoms with Crippen LogP contribution in [0.1, 0.15) is 52.9 Å². The lowest BCUT2D eigenvalue weighted by Gasteiger charge is -2.22. The third-order valence-corrected chi connectivity index (χ3v) is 2.36. The quantitative estimate of drug-likeness (QED) is 0.528. The smallest absolute Gasteiger partial charge is 0.220 e. The van der Waals surface area contributed by atoms with E-state index in [-0.39, 0.29) is 11.3 Å². The number of aliphatic hydroxyl groups excluding tert-OH is 1. The summed E-state index contributed by atoms with van der Waals surface area (Å²) in [5.74, 6) is 2.54. The monoisotopic (exact) mass is 239 g/mol. The molecule has 1 atom stereocenters. The molecule has 98 valence electrons. The van der Waals surface area contributed by atoms with Gasteiger partial charge in [-0.2, -0.15) is 0 Å². The van der Waals surface area contributed by atoms with Crippen molar-refractivity contribution in [1.29, 1.82) is 0 Å². The molecule has 0 spiro atoms. The van der Waals surface area contributed by atoms with E-state index in [1.54, 1.807) is 0 Å². The molecule has 0 rings (SSSR count). The molecule has 0 aliphatic rings. The van der Waals surface area contributed by atoms with Crippen LogP contribution in [0.5, 0.6) is 0 Å². The predicted octanol–water partition coefficient (Wildman–Crippen LogP) is 2.09. The summed E-state index contributed by atoms with van der Waals surface area (Å²) in [5, 5.41) is 12.4. The average molecular weight is 239 g/mol. The fourth-order valence-corrected chi connectivity index (χ4v) is 1.61. The zero-order chi connectivity index (χ0) is 13.3. The topological polar surface area (TPSA) is 49.3 Å². The standard InChI is InChI=1S/C14H25NO2/c1-5-6-7-8-9-13(17)15-11-12(16)10-14(2,3)4/h1,12,16H,6-11H2,2-4H3,(H,15,17). The number of terminal acetylenes is 1. The van der Waals surface area contributed by atoms with Crippen molar-refractivity contribution in [3.63, 3.8) is 0 Å². The number of carbonyl (C=O) groups is 1. The van der Waals surface area contributed by atoms with Gasteiger partial charge in [0.05, 0.1) is 6.10 Å². The molecule has 0 saturated carbocycles. The summed E-state index contributed by atoms with van der Waals surface area (Å²) in [6.45, 7) is 6.54. The van der Waals surface area contributed by atoms with Gasteiger partial charge in [0, 0.05) is 19.4 Å². The number of unbranched alkanes of at least 4 members (excludes halogenated alkanes) is 2. The van der Waals surface area contributed by atoms with Crippen LogP contribution in [0.3, 0.4) is 0 Å². The second kappa shape index (κ2) is 8.14. The third-order valence-electron chi connectivity index (χ3n) is 2.36. The number of carbonyl (C=O) groups excluding carboxylic acids is 1. The highest BCUT2D eigenvalue weighted by Crippen LogP contribution is 2.20. The lowest BCUT2D eigenvalue weighted by molar-refractivity contribution is -0.121. The summed E-state index contributed by atoms with van der Waals surface area (Å²) < 4.78 is 0. The van der Waals surface area contributed by atoms with Crippen LogP contribution >= 0.6 is 0 Å². The lowest BCUT2D eigenvalue weighted by Crippen LogP contribution is -2.34. The maximum Gasteiger partial charge on any atom is 0.220 e. The van der Waals surface area contributed by atoms with Crippen molar-refractivity contribution in [2.24, 2.45) is 5.41 Å². The molecule has 3 nitrogen and oxygen atoms in total. The van der Waals surface area contributed by atoms with Gasteiger partial charge in [0.25, 0.3) is 0 Å². The zero-order valence-electron chi connectivity index (χ0n) is 11.3. The van der Waals surface area contributed by atoms with Gasteiger partial charge < -0.3 is 10.4 Å². The summed E-state index contributed by atoms with van der Waals surface area (Å²) in [6.07, 6.45) is 8.24. The first kappa shape index (κ1) is 16.0. The van der Waals surface area contributed by atoms with Gasteiger partial charge in [-0.25, -0.2) is 0 Å². The van der Waals surface area contributed by atoms with Crippen molar-refractivity contribution < 1.29 is 9.90 Å². The normalized spacial score (nSPS) is 12.9. The Hall–Kier alpha value is -1.01. The third kappa shape index (κ3) is 11.3. The fourth-order valence-electron chi connectivity index (χ4n) is 1.61. The minimum Gasteiger partial charge on any atom is -0.391 e. The number of hydrogen-bond acceptors (Lipinski definition) is 2. The predicted molar refractivity (Wildman–Crippen MR) is 70.4 cm³/mol. The molecule has 0 aromatic carbocycles. The first-order valence-electron chi connectivity index (χ1n) is 6.23. The Morgan fingerprint density at radius 3 is 2.59 bits per heavy atom. The molecule has 0 radical (unpaired) electrons. The molecule has 0 bridgehead atoms. The van der Waals surface area contributed by atoms with Crippen LogP contribution in [-0.2, 0) is 4.79 Å². The van der Waals surface area contributed by atoms with Crippen LogP contribution in [0.15, 0.2) is 0 Å². The van der Waals surface area contributed by atoms with Gasteiger partial charge in [-0.15, -0.1) is 12.3 Å². The molecule has 2 N–H and O–H groups in total. The molecule has 0 saturated heterocycles. The van der Waals surface area contributed by atoms with Gasteiger partial charge in [0.15, 0.2) is 0 Å². The van der Waals surface area contributed by atoms with Gasteiger partial charge >= 0.3 is 0 Å². The summed E-state index contributed by atoms with van der Waals surface area (Å²) in [7, 11) is 0. The number of amides is 1. The summed E-state index contributed by atoms with van der Waals surface area (Å²) in [5.41, 5.74) is 0.0803. The number of aliphatic hydroxyl groups is 1. The van der Waals surface area contributed by atoms with E-state index in [2.05, 4.69) is 32.0 Å². The second-order valence-electron chi connectivity index (χ2n) is 5.63. The van der Waals surface area contributed by atoms with Gasteiger partial charge in [0.2, 0.25) is 5.91 Å². The van der Waals surface area contributed by atoms with Crippen LogP contribution in [0, 0.1) is 17.8 Å². The number of nitrogens with one attached hydrogen (secondary N) is 1. The molecule has 0 aliphatic carbocycles. The molecule has 1 amide bonds. The van der Waals surface area contributed by atoms with E-state index in [0.29, 0.717) is 19.4 Å². The van der Waals surface area contributed by atoms with Crippen molar-refractivity contribution in [2.45, 2.75) is 59.0 Å². The molecular formula is C14H25NO2. The van der Waals surface area contributed by atoms with Gasteiger partial charge in [-0.05, 0) is 24.7 Å². The Balaban J connectivity index is 3.60. The fraction of sp³-hybridized carbons (Fsp3) is 0.786. The molecule has 1 unspecified atom stereocenters. The molecule has 0 aromatic rings. The Morgan fingerprint density at radius 1 is 1.41 bits per heavy atom. The minimum absolute atomic E-state index is 0.00465. The maximum atomic E-state index is 11.4. The van der Waals surface area contributed by atoms with E-state index >= 15 is 0 Å². The van der Waals surface area contributed by atoms with Crippen LogP contribution in [0.4, 0.5) is 0 Å². The van der Waals surface area contributed by atoms with E-state index in [4.69, 9.17) is 6.42 Å². The highest BCUT2D eigenvalue weighted by molar-refractivity contribution is 5.75. The first-order chi connectivity index (χ1) is 7.85. The number of rotatable bonds is 7. The number of hydrogen-bond donors (Lipinski definition) is 2. The van der Waals surface area contributed by atoms with Gasteiger partial charge in [-0.1, -0.05) is 20.8 Å². The van der Waals surface area contributed by atoms with Crippen molar-refractivity contribution in [3.05, 3.63) is 0 Å². The van der Waals surface area contributed by atoms with E-state index in [1.165, 1.54) is 0 Å². The molecule has 0 heterocycles. The zero-order valence-corrected chi connectivity index (χ0v) is 11.3. The summed E-state index contributed by atoms with van der Waals surface area (Å²) in [6, 6.07) is 0. The van der Waals surface area contributed by atoms with E-state index in [9.17, 15) is 9.90 Å². The van der Waals surface area contributed by atoms with Crippen LogP contribution in [0.2, 0.25) is 0 Å². The Bertz CT molecular complexity index is 260. The Morgan fingerprint density at radius 2 is 2.06 bits per heavy atom. The van der Waals surface area contributed by atoms with Crippen LogP contribution in [0.25, 0.3) is 0 Å². The van der Waals surface area contributed by atoms with E-state index in [1.807, 2.05) is 0 Å². The summed E-state index contributed by atoms with van der Waals surface area (Å²) in [4.78, 5) is 11.4. The maximum absolute atomic E-state index is 11.4. The van der Waals surface area contributed by atoms with Gasteiger partial charge in [0.1, 0.15) is 0 Å². The average Bonchev–Trinajstić information content (AvgIpc) is 2.19. The van der Waals surface area contributed by atoms with Crippen molar-refractivity contribution in [1.82, 2.24) is 5.32 Å². The second-order valence-corrected chi connectivity index (χ2v) is 5.63.